The number of ether oxygens (including phenoxy) is 3. The summed E-state index contributed by atoms with van der Waals surface area (Å²) in [5.41, 5.74) is 2.61. The summed E-state index contributed by atoms with van der Waals surface area (Å²) in [5, 5.41) is 9.61. The highest BCUT2D eigenvalue weighted by Crippen LogP contribution is 2.33. The first-order chi connectivity index (χ1) is 12.6. The van der Waals surface area contributed by atoms with Crippen LogP contribution in [0.15, 0.2) is 36.7 Å². The Labute approximate surface area is 153 Å². The highest BCUT2D eigenvalue weighted by atomic mass is 16.5. The molecule has 1 heterocycles. The van der Waals surface area contributed by atoms with Crippen molar-refractivity contribution in [3.63, 3.8) is 0 Å². The molecule has 2 aromatic rings. The van der Waals surface area contributed by atoms with Gasteiger partial charge in [-0.3, -0.25) is 9.78 Å². The van der Waals surface area contributed by atoms with Crippen molar-refractivity contribution in [3.05, 3.63) is 42.2 Å². The topological polar surface area (TPSA) is 77.9 Å². The summed E-state index contributed by atoms with van der Waals surface area (Å²) in [7, 11) is 1.61. The second-order valence-electron chi connectivity index (χ2n) is 5.90. The van der Waals surface area contributed by atoms with Gasteiger partial charge in [-0.25, -0.2) is 0 Å². The van der Waals surface area contributed by atoms with Crippen LogP contribution in [0.5, 0.6) is 11.5 Å². The lowest BCUT2D eigenvalue weighted by Crippen LogP contribution is -2.14. The zero-order valence-corrected chi connectivity index (χ0v) is 15.4. The van der Waals surface area contributed by atoms with Gasteiger partial charge in [-0.15, -0.1) is 0 Å². The monoisotopic (exact) mass is 359 g/mol. The highest BCUT2D eigenvalue weighted by Gasteiger charge is 2.15. The van der Waals surface area contributed by atoms with Gasteiger partial charge in [0.25, 0.3) is 0 Å². The number of methoxy groups -OCH3 is 1. The van der Waals surface area contributed by atoms with Crippen LogP contribution in [0.4, 0.5) is 0 Å². The van der Waals surface area contributed by atoms with Crippen LogP contribution in [-0.2, 0) is 9.53 Å². The molecule has 26 heavy (non-hydrogen) atoms. The summed E-state index contributed by atoms with van der Waals surface area (Å²) in [5.74, 6) is 0.658. The van der Waals surface area contributed by atoms with E-state index in [0.29, 0.717) is 18.1 Å². The molecule has 0 spiro atoms. The molecule has 1 aromatic carbocycles. The zero-order valence-electron chi connectivity index (χ0n) is 15.4. The van der Waals surface area contributed by atoms with E-state index in [2.05, 4.69) is 4.98 Å². The van der Waals surface area contributed by atoms with Crippen molar-refractivity contribution < 1.29 is 24.1 Å². The summed E-state index contributed by atoms with van der Waals surface area (Å²) in [6, 6.07) is 7.63. The van der Waals surface area contributed by atoms with Crippen LogP contribution in [0.25, 0.3) is 11.1 Å². The van der Waals surface area contributed by atoms with Gasteiger partial charge >= 0.3 is 5.97 Å². The predicted molar refractivity (Wildman–Crippen MR) is 98.5 cm³/mol. The van der Waals surface area contributed by atoms with E-state index in [0.717, 1.165) is 23.1 Å². The van der Waals surface area contributed by atoms with E-state index in [1.54, 1.807) is 19.5 Å². The molecule has 0 amide bonds. The van der Waals surface area contributed by atoms with Crippen molar-refractivity contribution in [1.29, 1.82) is 0 Å². The van der Waals surface area contributed by atoms with Crippen LogP contribution >= 0.6 is 0 Å². The van der Waals surface area contributed by atoms with Gasteiger partial charge < -0.3 is 19.3 Å². The Kier molecular flexibility index (Phi) is 7.41. The molecular weight excluding hydrogens is 334 g/mol. The average Bonchev–Trinajstić information content (AvgIpc) is 2.66. The molecule has 0 saturated heterocycles. The molecule has 0 aliphatic rings. The van der Waals surface area contributed by atoms with Gasteiger partial charge in [-0.2, -0.15) is 0 Å². The molecule has 1 atom stereocenters. The third-order valence-electron chi connectivity index (χ3n) is 3.90. The average molecular weight is 359 g/mol. The molecule has 1 unspecified atom stereocenters. The number of aromatic nitrogens is 1. The number of nitrogens with zero attached hydrogens (tertiary/aromatic N) is 1. The fourth-order valence-corrected chi connectivity index (χ4v) is 2.49. The van der Waals surface area contributed by atoms with Crippen molar-refractivity contribution in [2.75, 3.05) is 26.9 Å². The number of pyridine rings is 1. The number of hydrogen-bond acceptors (Lipinski definition) is 6. The van der Waals surface area contributed by atoms with Gasteiger partial charge in [0.2, 0.25) is 0 Å². The van der Waals surface area contributed by atoms with E-state index in [1.165, 1.54) is 6.92 Å². The molecule has 0 aliphatic heterocycles. The summed E-state index contributed by atoms with van der Waals surface area (Å²) < 4.78 is 16.1. The van der Waals surface area contributed by atoms with Crippen LogP contribution < -0.4 is 9.47 Å². The highest BCUT2D eigenvalue weighted by molar-refractivity contribution is 5.67. The Bertz CT molecular complexity index is 732. The lowest BCUT2D eigenvalue weighted by Gasteiger charge is -2.16. The Morgan fingerprint density at radius 2 is 2.00 bits per heavy atom. The molecule has 0 saturated carbocycles. The predicted octanol–water partition coefficient (Wildman–Crippen LogP) is 3.19. The third kappa shape index (κ3) is 5.20. The first-order valence-electron chi connectivity index (χ1n) is 8.59. The van der Waals surface area contributed by atoms with Crippen LogP contribution in [0.2, 0.25) is 0 Å². The lowest BCUT2D eigenvalue weighted by molar-refractivity contribution is -0.141. The number of rotatable bonds is 9. The Morgan fingerprint density at radius 3 is 2.65 bits per heavy atom. The molecular formula is C20H25NO5. The summed E-state index contributed by atoms with van der Waals surface area (Å²) >= 11 is 0. The molecule has 0 bridgehead atoms. The summed E-state index contributed by atoms with van der Waals surface area (Å²) in [4.78, 5) is 15.3. The first kappa shape index (κ1) is 19.7. The van der Waals surface area contributed by atoms with Gasteiger partial charge in [0.1, 0.15) is 6.61 Å². The number of benzene rings is 1. The van der Waals surface area contributed by atoms with Gasteiger partial charge in [0.15, 0.2) is 11.5 Å². The minimum atomic E-state index is -0.375. The van der Waals surface area contributed by atoms with E-state index in [9.17, 15) is 9.90 Å². The Hall–Kier alpha value is -2.60. The summed E-state index contributed by atoms with van der Waals surface area (Å²) in [6.07, 6.45) is 4.32. The number of carbonyl (C=O) groups is 1. The normalized spacial score (nSPS) is 11.7. The molecule has 0 fully saturated rings. The Balaban J connectivity index is 2.29. The van der Waals surface area contributed by atoms with Gasteiger partial charge in [0.05, 0.1) is 20.3 Å². The second kappa shape index (κ2) is 9.77. The first-order valence-corrected chi connectivity index (χ1v) is 8.59. The fraction of sp³-hybridized carbons (Fsp3) is 0.400. The van der Waals surface area contributed by atoms with Gasteiger partial charge in [0, 0.05) is 30.8 Å². The van der Waals surface area contributed by atoms with E-state index < -0.39 is 0 Å². The van der Waals surface area contributed by atoms with Gasteiger partial charge in [-0.05, 0) is 35.7 Å². The number of hydrogen-bond donors (Lipinski definition) is 1. The maximum atomic E-state index is 11.0. The van der Waals surface area contributed by atoms with Crippen LogP contribution in [0, 0.1) is 0 Å². The molecule has 0 radical (unpaired) electrons. The number of aliphatic hydroxyl groups excluding tert-OH is 1. The quantitative estimate of drug-likeness (QED) is 0.693. The minimum Gasteiger partial charge on any atom is -0.493 e. The molecule has 2 rings (SSSR count). The van der Waals surface area contributed by atoms with E-state index >= 15 is 0 Å². The lowest BCUT2D eigenvalue weighted by atomic mass is 9.98. The van der Waals surface area contributed by atoms with Crippen molar-refractivity contribution >= 4 is 5.97 Å². The van der Waals surface area contributed by atoms with Crippen molar-refractivity contribution in [3.8, 4) is 22.6 Å². The van der Waals surface area contributed by atoms with Crippen molar-refractivity contribution in [2.45, 2.75) is 26.2 Å². The minimum absolute atomic E-state index is 0.116. The Morgan fingerprint density at radius 1 is 1.19 bits per heavy atom. The largest absolute Gasteiger partial charge is 0.493 e. The summed E-state index contributed by atoms with van der Waals surface area (Å²) in [6.45, 7) is 3.98. The van der Waals surface area contributed by atoms with Crippen LogP contribution in [0.3, 0.4) is 0 Å². The number of aliphatic hydroxyl groups is 1. The molecule has 140 valence electrons. The zero-order chi connectivity index (χ0) is 18.9. The molecule has 0 aliphatic carbocycles. The molecule has 1 N–H and O–H groups in total. The van der Waals surface area contributed by atoms with E-state index in [4.69, 9.17) is 14.2 Å². The second-order valence-corrected chi connectivity index (χ2v) is 5.90. The van der Waals surface area contributed by atoms with Gasteiger partial charge in [-0.1, -0.05) is 13.0 Å². The van der Waals surface area contributed by atoms with E-state index in [1.807, 2.05) is 31.2 Å². The van der Waals surface area contributed by atoms with Crippen LogP contribution in [-0.4, -0.2) is 43.0 Å². The van der Waals surface area contributed by atoms with Crippen molar-refractivity contribution in [1.82, 2.24) is 4.98 Å². The standard InChI is InChI=1S/C20H25NO5/c1-4-7-25-20-9-15(5-6-19(20)24-3)16-8-17(11-21-10-16)18(12-22)13-26-14(2)23/h5-6,8-11,18,22H,4,7,12-13H2,1-3H3. The maximum Gasteiger partial charge on any atom is 0.302 e. The van der Waals surface area contributed by atoms with E-state index in [-0.39, 0.29) is 25.1 Å². The third-order valence-corrected chi connectivity index (χ3v) is 3.90. The maximum absolute atomic E-state index is 11.0. The number of esters is 1. The SMILES string of the molecule is CCCOc1cc(-c2cncc(C(CO)COC(C)=O)c2)ccc1OC. The fourth-order valence-electron chi connectivity index (χ4n) is 2.49. The van der Waals surface area contributed by atoms with Crippen LogP contribution in [0.1, 0.15) is 31.7 Å². The number of carbonyl (C=O) groups excluding carboxylic acids is 1. The molecule has 1 aromatic heterocycles. The smallest absolute Gasteiger partial charge is 0.302 e. The van der Waals surface area contributed by atoms with Crippen molar-refractivity contribution in [2.24, 2.45) is 0 Å². The molecule has 6 nitrogen and oxygen atoms in total. The molecule has 6 heteroatoms.